The number of anilines is 1. The third kappa shape index (κ3) is 1.69. The molecule has 2 N–H and O–H groups in total. The van der Waals surface area contributed by atoms with Crippen LogP contribution < -0.4 is 5.73 Å². The molecular formula is C13H13N5O. The molecule has 6 nitrogen and oxygen atoms in total. The molecule has 0 amide bonds. The van der Waals surface area contributed by atoms with E-state index in [4.69, 9.17) is 5.73 Å². The number of para-hydroxylation sites is 2. The maximum atomic E-state index is 12.4. The number of imidazole rings is 1. The van der Waals surface area contributed by atoms with Crippen LogP contribution in [0.25, 0.3) is 11.0 Å². The minimum absolute atomic E-state index is 0.314. The van der Waals surface area contributed by atoms with Gasteiger partial charge in [0, 0.05) is 13.1 Å². The van der Waals surface area contributed by atoms with Crippen molar-refractivity contribution in [2.24, 2.45) is 7.05 Å². The van der Waals surface area contributed by atoms with Crippen LogP contribution in [-0.4, -0.2) is 25.2 Å². The highest BCUT2D eigenvalue weighted by atomic mass is 16.2. The zero-order valence-corrected chi connectivity index (χ0v) is 10.7. The first-order valence-electron chi connectivity index (χ1n) is 5.86. The summed E-state index contributed by atoms with van der Waals surface area (Å²) in [5.41, 5.74) is 8.14. The van der Waals surface area contributed by atoms with E-state index < -0.39 is 0 Å². The van der Waals surface area contributed by atoms with Gasteiger partial charge in [-0.1, -0.05) is 12.1 Å². The van der Waals surface area contributed by atoms with Gasteiger partial charge in [-0.05, 0) is 19.1 Å². The molecule has 0 spiro atoms. The highest BCUT2D eigenvalue weighted by Gasteiger charge is 2.19. The Labute approximate surface area is 109 Å². The minimum atomic E-state index is -0.329. The molecule has 1 aromatic carbocycles. The normalized spacial score (nSPS) is 11.1. The maximum absolute atomic E-state index is 12.4. The Bertz CT molecular complexity index is 784. The van der Waals surface area contributed by atoms with Gasteiger partial charge in [-0.15, -0.1) is 0 Å². The fraction of sp³-hybridized carbons (Fsp3) is 0.154. The maximum Gasteiger partial charge on any atom is 0.316 e. The Morgan fingerprint density at radius 3 is 2.68 bits per heavy atom. The first-order valence-corrected chi connectivity index (χ1v) is 5.86. The number of nitrogens with zero attached hydrogens (tertiary/aromatic N) is 4. The number of fused-ring (bicyclic) bond motifs is 1. The number of hydrogen-bond donors (Lipinski definition) is 1. The quantitative estimate of drug-likeness (QED) is 0.711. The van der Waals surface area contributed by atoms with Crippen LogP contribution in [0.1, 0.15) is 16.3 Å². The first-order chi connectivity index (χ1) is 9.08. The minimum Gasteiger partial charge on any atom is -0.383 e. The predicted molar refractivity (Wildman–Crippen MR) is 71.8 cm³/mol. The van der Waals surface area contributed by atoms with E-state index in [1.165, 1.54) is 4.68 Å². The van der Waals surface area contributed by atoms with Crippen molar-refractivity contribution < 1.29 is 4.79 Å². The van der Waals surface area contributed by atoms with Gasteiger partial charge in [0.15, 0.2) is 0 Å². The third-order valence-electron chi connectivity index (χ3n) is 3.03. The summed E-state index contributed by atoms with van der Waals surface area (Å²) in [6.07, 6.45) is 0. The van der Waals surface area contributed by atoms with E-state index in [9.17, 15) is 4.79 Å². The lowest BCUT2D eigenvalue weighted by molar-refractivity contribution is 0.0934. The van der Waals surface area contributed by atoms with Crippen LogP contribution in [0.5, 0.6) is 0 Å². The Morgan fingerprint density at radius 1 is 1.32 bits per heavy atom. The van der Waals surface area contributed by atoms with Gasteiger partial charge in [-0.2, -0.15) is 9.78 Å². The molecule has 0 aliphatic heterocycles. The molecule has 3 rings (SSSR count). The number of nitrogen functional groups attached to an aromatic ring is 1. The lowest BCUT2D eigenvalue weighted by Gasteiger charge is -2.02. The molecule has 0 bridgehead atoms. The molecule has 0 aliphatic carbocycles. The number of benzene rings is 1. The van der Waals surface area contributed by atoms with Crippen LogP contribution in [0, 0.1) is 6.92 Å². The summed E-state index contributed by atoms with van der Waals surface area (Å²) in [7, 11) is 1.80. The van der Waals surface area contributed by atoms with Crippen molar-refractivity contribution in [3.05, 3.63) is 41.9 Å². The number of hydrogen-bond acceptors (Lipinski definition) is 4. The Morgan fingerprint density at radius 2 is 2.05 bits per heavy atom. The van der Waals surface area contributed by atoms with Crippen molar-refractivity contribution in [2.45, 2.75) is 6.92 Å². The zero-order valence-electron chi connectivity index (χ0n) is 10.7. The summed E-state index contributed by atoms with van der Waals surface area (Å²) >= 11 is 0. The largest absolute Gasteiger partial charge is 0.383 e. The van der Waals surface area contributed by atoms with Gasteiger partial charge < -0.3 is 10.3 Å². The molecule has 19 heavy (non-hydrogen) atoms. The number of nitrogens with two attached hydrogens (primary N) is 1. The summed E-state index contributed by atoms with van der Waals surface area (Å²) < 4.78 is 2.92. The summed E-state index contributed by atoms with van der Waals surface area (Å²) in [4.78, 5) is 16.7. The van der Waals surface area contributed by atoms with E-state index >= 15 is 0 Å². The molecule has 0 fully saturated rings. The lowest BCUT2D eigenvalue weighted by atomic mass is 10.3. The molecule has 2 heterocycles. The molecule has 3 aromatic rings. The molecule has 0 aliphatic rings. The van der Waals surface area contributed by atoms with Crippen LogP contribution in [0.4, 0.5) is 5.82 Å². The molecule has 2 aromatic heterocycles. The van der Waals surface area contributed by atoms with Crippen LogP contribution >= 0.6 is 0 Å². The SMILES string of the molecule is Cc1cc(N)n(C(=O)c2nc3ccccc3n2C)n1. The van der Waals surface area contributed by atoms with Gasteiger partial charge in [0.2, 0.25) is 5.82 Å². The highest BCUT2D eigenvalue weighted by Crippen LogP contribution is 2.16. The fourth-order valence-electron chi connectivity index (χ4n) is 2.11. The lowest BCUT2D eigenvalue weighted by Crippen LogP contribution is -2.19. The number of aryl methyl sites for hydroxylation is 2. The molecule has 0 radical (unpaired) electrons. The van der Waals surface area contributed by atoms with E-state index in [1.54, 1.807) is 24.6 Å². The van der Waals surface area contributed by atoms with Gasteiger partial charge in [0.25, 0.3) is 0 Å². The van der Waals surface area contributed by atoms with E-state index in [1.807, 2.05) is 24.3 Å². The Kier molecular flexibility index (Phi) is 2.38. The Balaban J connectivity index is 2.17. The van der Waals surface area contributed by atoms with Gasteiger partial charge in [0.05, 0.1) is 16.7 Å². The second kappa shape index (κ2) is 3.94. The number of rotatable bonds is 1. The van der Waals surface area contributed by atoms with E-state index in [2.05, 4.69) is 10.1 Å². The van der Waals surface area contributed by atoms with E-state index in [-0.39, 0.29) is 5.91 Å². The van der Waals surface area contributed by atoms with Gasteiger partial charge in [-0.25, -0.2) is 4.98 Å². The molecule has 0 unspecified atom stereocenters. The molecule has 0 saturated carbocycles. The summed E-state index contributed by atoms with van der Waals surface area (Å²) in [6.45, 7) is 1.79. The zero-order chi connectivity index (χ0) is 13.6. The molecule has 6 heteroatoms. The third-order valence-corrected chi connectivity index (χ3v) is 3.03. The predicted octanol–water partition coefficient (Wildman–Crippen LogP) is 1.35. The average molecular weight is 255 g/mol. The summed E-state index contributed by atoms with van der Waals surface area (Å²) in [5.74, 6) is 0.301. The number of aromatic nitrogens is 4. The highest BCUT2D eigenvalue weighted by molar-refractivity contribution is 5.97. The van der Waals surface area contributed by atoms with Crippen molar-refractivity contribution in [2.75, 3.05) is 5.73 Å². The summed E-state index contributed by atoms with van der Waals surface area (Å²) in [6, 6.07) is 9.22. The molecular weight excluding hydrogens is 242 g/mol. The van der Waals surface area contributed by atoms with E-state index in [0.29, 0.717) is 17.3 Å². The van der Waals surface area contributed by atoms with Crippen LogP contribution in [0.2, 0.25) is 0 Å². The standard InChI is InChI=1S/C13H13N5O/c1-8-7-11(14)18(16-8)13(19)12-15-9-5-3-4-6-10(9)17(12)2/h3-7H,14H2,1-2H3. The van der Waals surface area contributed by atoms with Crippen molar-refractivity contribution in [3.63, 3.8) is 0 Å². The van der Waals surface area contributed by atoms with Crippen LogP contribution in [0.15, 0.2) is 30.3 Å². The fourth-order valence-corrected chi connectivity index (χ4v) is 2.11. The average Bonchev–Trinajstić information content (AvgIpc) is 2.90. The molecule has 0 saturated heterocycles. The Hall–Kier alpha value is -2.63. The second-order valence-corrected chi connectivity index (χ2v) is 4.41. The number of carbonyl (C=O) groups is 1. The monoisotopic (exact) mass is 255 g/mol. The topological polar surface area (TPSA) is 78.7 Å². The van der Waals surface area contributed by atoms with Crippen LogP contribution in [-0.2, 0) is 7.05 Å². The smallest absolute Gasteiger partial charge is 0.316 e. The van der Waals surface area contributed by atoms with Crippen molar-refractivity contribution >= 4 is 22.8 Å². The molecule has 0 atom stereocenters. The van der Waals surface area contributed by atoms with Crippen LogP contribution in [0.3, 0.4) is 0 Å². The van der Waals surface area contributed by atoms with E-state index in [0.717, 1.165) is 11.0 Å². The summed E-state index contributed by atoms with van der Waals surface area (Å²) in [5, 5.41) is 4.09. The van der Waals surface area contributed by atoms with Gasteiger partial charge >= 0.3 is 5.91 Å². The first kappa shape index (κ1) is 11.5. The molecule has 96 valence electrons. The van der Waals surface area contributed by atoms with Gasteiger partial charge in [-0.3, -0.25) is 4.79 Å². The van der Waals surface area contributed by atoms with Gasteiger partial charge in [0.1, 0.15) is 5.82 Å². The second-order valence-electron chi connectivity index (χ2n) is 4.41. The van der Waals surface area contributed by atoms with Crippen molar-refractivity contribution in [1.82, 2.24) is 19.3 Å². The van der Waals surface area contributed by atoms with Crippen molar-refractivity contribution in [3.8, 4) is 0 Å². The number of carbonyl (C=O) groups excluding carboxylic acids is 1. The van der Waals surface area contributed by atoms with Crippen molar-refractivity contribution in [1.29, 1.82) is 0 Å².